The van der Waals surface area contributed by atoms with E-state index in [9.17, 15) is 0 Å². The van der Waals surface area contributed by atoms with Gasteiger partial charge in [0.1, 0.15) is 5.75 Å². The largest absolute Gasteiger partial charge is 0.497 e. The molecule has 3 heteroatoms. The van der Waals surface area contributed by atoms with Crippen LogP contribution in [-0.2, 0) is 4.74 Å². The highest BCUT2D eigenvalue weighted by atomic mass is 16.5. The number of methoxy groups -OCH3 is 1. The molecule has 14 heavy (non-hydrogen) atoms. The Bertz CT molecular complexity index is 278. The van der Waals surface area contributed by atoms with Crippen LogP contribution in [0.1, 0.15) is 11.6 Å². The number of ether oxygens (including phenoxy) is 2. The molecular formula is C11H14NO2. The molecule has 0 aromatic heterocycles. The third-order valence-electron chi connectivity index (χ3n) is 2.32. The molecule has 75 valence electrons. The van der Waals surface area contributed by atoms with Crippen LogP contribution < -0.4 is 10.1 Å². The lowest BCUT2D eigenvalue weighted by atomic mass is 10.1. The maximum atomic E-state index is 5.34. The maximum Gasteiger partial charge on any atom is 0.118 e. The van der Waals surface area contributed by atoms with Gasteiger partial charge >= 0.3 is 0 Å². The van der Waals surface area contributed by atoms with Gasteiger partial charge in [0.15, 0.2) is 0 Å². The van der Waals surface area contributed by atoms with E-state index in [4.69, 9.17) is 9.47 Å². The van der Waals surface area contributed by atoms with E-state index in [-0.39, 0.29) is 6.04 Å². The van der Waals surface area contributed by atoms with Crippen LogP contribution in [0.4, 0.5) is 0 Å². The molecule has 1 aliphatic rings. The van der Waals surface area contributed by atoms with Gasteiger partial charge in [-0.3, -0.25) is 0 Å². The van der Waals surface area contributed by atoms with Gasteiger partial charge in [0.25, 0.3) is 0 Å². The third-order valence-corrected chi connectivity index (χ3v) is 2.32. The molecule has 0 saturated carbocycles. The minimum atomic E-state index is 0.273. The van der Waals surface area contributed by atoms with Crippen LogP contribution in [0.2, 0.25) is 0 Å². The fourth-order valence-corrected chi connectivity index (χ4v) is 1.51. The van der Waals surface area contributed by atoms with Crippen LogP contribution in [0.5, 0.6) is 5.75 Å². The van der Waals surface area contributed by atoms with Crippen molar-refractivity contribution >= 4 is 0 Å². The Hall–Kier alpha value is -1.06. The molecule has 1 aromatic carbocycles. The average Bonchev–Trinajstić information content (AvgIpc) is 2.30. The zero-order valence-corrected chi connectivity index (χ0v) is 8.19. The molecule has 1 atom stereocenters. The fraction of sp³-hybridized carbons (Fsp3) is 0.364. The molecular weight excluding hydrogens is 178 g/mol. The van der Waals surface area contributed by atoms with Crippen molar-refractivity contribution in [2.24, 2.45) is 0 Å². The van der Waals surface area contributed by atoms with Gasteiger partial charge in [0, 0.05) is 6.54 Å². The monoisotopic (exact) mass is 192 g/mol. The van der Waals surface area contributed by atoms with Gasteiger partial charge in [-0.15, -0.1) is 0 Å². The van der Waals surface area contributed by atoms with E-state index >= 15 is 0 Å². The van der Waals surface area contributed by atoms with Gasteiger partial charge in [-0.25, -0.2) is 0 Å². The lowest BCUT2D eigenvalue weighted by Gasteiger charge is -2.23. The fourth-order valence-electron chi connectivity index (χ4n) is 1.51. The Morgan fingerprint density at radius 3 is 2.71 bits per heavy atom. The summed E-state index contributed by atoms with van der Waals surface area (Å²) in [5, 5.41) is 3.28. The number of hydrogen-bond donors (Lipinski definition) is 1. The number of rotatable bonds is 2. The molecule has 1 N–H and O–H groups in total. The SMILES string of the molecule is COc1ccc(C2COC[CH]N2)cc1. The van der Waals surface area contributed by atoms with E-state index < -0.39 is 0 Å². The van der Waals surface area contributed by atoms with Gasteiger partial charge in [0.2, 0.25) is 0 Å². The normalized spacial score (nSPS) is 21.9. The average molecular weight is 192 g/mol. The maximum absolute atomic E-state index is 5.34. The summed E-state index contributed by atoms with van der Waals surface area (Å²) in [6.07, 6.45) is 0. The summed E-state index contributed by atoms with van der Waals surface area (Å²) in [7, 11) is 1.67. The van der Waals surface area contributed by atoms with E-state index in [1.165, 1.54) is 5.56 Å². The van der Waals surface area contributed by atoms with E-state index in [0.29, 0.717) is 6.61 Å². The highest BCUT2D eigenvalue weighted by Gasteiger charge is 2.14. The van der Waals surface area contributed by atoms with Crippen molar-refractivity contribution in [2.45, 2.75) is 6.04 Å². The zero-order valence-electron chi connectivity index (χ0n) is 8.19. The molecule has 3 nitrogen and oxygen atoms in total. The topological polar surface area (TPSA) is 30.5 Å². The Labute approximate surface area is 84.0 Å². The van der Waals surface area contributed by atoms with Crippen LogP contribution in [0.15, 0.2) is 24.3 Å². The lowest BCUT2D eigenvalue weighted by Crippen LogP contribution is -2.30. The number of benzene rings is 1. The van der Waals surface area contributed by atoms with E-state index in [0.717, 1.165) is 12.4 Å². The summed E-state index contributed by atoms with van der Waals surface area (Å²) in [5.74, 6) is 0.884. The number of nitrogens with one attached hydrogen (secondary N) is 1. The number of morpholine rings is 1. The summed E-state index contributed by atoms with van der Waals surface area (Å²) in [6, 6.07) is 8.31. The van der Waals surface area contributed by atoms with Gasteiger partial charge < -0.3 is 14.8 Å². The molecule has 1 aliphatic heterocycles. The van der Waals surface area contributed by atoms with Crippen LogP contribution in [0.3, 0.4) is 0 Å². The Morgan fingerprint density at radius 1 is 1.36 bits per heavy atom. The zero-order chi connectivity index (χ0) is 9.80. The summed E-state index contributed by atoms with van der Waals surface area (Å²) < 4.78 is 10.4. The van der Waals surface area contributed by atoms with E-state index in [1.807, 2.05) is 18.7 Å². The molecule has 1 saturated heterocycles. The van der Waals surface area contributed by atoms with Crippen molar-refractivity contribution < 1.29 is 9.47 Å². The molecule has 2 rings (SSSR count). The van der Waals surface area contributed by atoms with Gasteiger partial charge in [-0.1, -0.05) is 12.1 Å². The summed E-state index contributed by atoms with van der Waals surface area (Å²) >= 11 is 0. The van der Waals surface area contributed by atoms with Gasteiger partial charge in [0.05, 0.1) is 26.4 Å². The molecule has 1 aromatic rings. The molecule has 1 heterocycles. The molecule has 0 aliphatic carbocycles. The van der Waals surface area contributed by atoms with E-state index in [1.54, 1.807) is 7.11 Å². The van der Waals surface area contributed by atoms with Crippen LogP contribution in [-0.4, -0.2) is 20.3 Å². The molecule has 0 spiro atoms. The summed E-state index contributed by atoms with van der Waals surface area (Å²) in [4.78, 5) is 0. The molecule has 0 bridgehead atoms. The minimum Gasteiger partial charge on any atom is -0.497 e. The van der Waals surface area contributed by atoms with Crippen molar-refractivity contribution in [3.05, 3.63) is 36.4 Å². The van der Waals surface area contributed by atoms with Gasteiger partial charge in [-0.2, -0.15) is 0 Å². The van der Waals surface area contributed by atoms with Crippen molar-refractivity contribution in [1.29, 1.82) is 0 Å². The highest BCUT2D eigenvalue weighted by molar-refractivity contribution is 5.29. The van der Waals surface area contributed by atoms with Crippen LogP contribution in [0.25, 0.3) is 0 Å². The molecule has 0 amide bonds. The highest BCUT2D eigenvalue weighted by Crippen LogP contribution is 2.19. The summed E-state index contributed by atoms with van der Waals surface area (Å²) in [5.41, 5.74) is 1.22. The van der Waals surface area contributed by atoms with Crippen molar-refractivity contribution in [3.8, 4) is 5.75 Å². The predicted molar refractivity (Wildman–Crippen MR) is 54.0 cm³/mol. The second kappa shape index (κ2) is 4.44. The first kappa shape index (κ1) is 9.49. The Kier molecular flexibility index (Phi) is 3.01. The van der Waals surface area contributed by atoms with Crippen molar-refractivity contribution in [3.63, 3.8) is 0 Å². The third kappa shape index (κ3) is 2.05. The minimum absolute atomic E-state index is 0.273. The van der Waals surface area contributed by atoms with Crippen LogP contribution in [0, 0.1) is 6.54 Å². The first-order valence-electron chi connectivity index (χ1n) is 4.69. The number of hydrogen-bond acceptors (Lipinski definition) is 3. The van der Waals surface area contributed by atoms with E-state index in [2.05, 4.69) is 17.4 Å². The second-order valence-corrected chi connectivity index (χ2v) is 3.23. The van der Waals surface area contributed by atoms with Crippen LogP contribution >= 0.6 is 0 Å². The molecule has 1 radical (unpaired) electrons. The standard InChI is InChI=1S/C11H14NO2/c1-13-10-4-2-9(3-5-10)11-8-14-7-6-12-11/h2-6,11-12H,7-8H2,1H3. The second-order valence-electron chi connectivity index (χ2n) is 3.23. The predicted octanol–water partition coefficient (Wildman–Crippen LogP) is 1.52. The quantitative estimate of drug-likeness (QED) is 0.770. The first-order chi connectivity index (χ1) is 6.90. The molecule has 1 fully saturated rings. The molecule has 1 unspecified atom stereocenters. The first-order valence-corrected chi connectivity index (χ1v) is 4.69. The Morgan fingerprint density at radius 2 is 2.14 bits per heavy atom. The Balaban J connectivity index is 2.07. The van der Waals surface area contributed by atoms with Gasteiger partial charge in [-0.05, 0) is 17.7 Å². The van der Waals surface area contributed by atoms with Crippen molar-refractivity contribution in [1.82, 2.24) is 5.32 Å². The van der Waals surface area contributed by atoms with Crippen molar-refractivity contribution in [2.75, 3.05) is 20.3 Å². The lowest BCUT2D eigenvalue weighted by molar-refractivity contribution is 0.0968. The smallest absolute Gasteiger partial charge is 0.118 e. The summed E-state index contributed by atoms with van der Waals surface area (Å²) in [6.45, 7) is 3.36.